The number of piperidine rings is 1. The molecule has 1 heterocycles. The lowest BCUT2D eigenvalue weighted by atomic mass is 10.1. The van der Waals surface area contributed by atoms with Crippen LogP contribution in [0.25, 0.3) is 0 Å². The predicted octanol–water partition coefficient (Wildman–Crippen LogP) is 3.57. The number of carbonyl (C=O) groups is 2. The number of primary amides is 1. The molecule has 0 atom stereocenters. The van der Waals surface area contributed by atoms with Gasteiger partial charge < -0.3 is 20.7 Å². The molecule has 0 radical (unpaired) electrons. The Kier molecular flexibility index (Phi) is 6.89. The van der Waals surface area contributed by atoms with Crippen molar-refractivity contribution in [1.29, 1.82) is 0 Å². The Bertz CT molecular complexity index is 802. The highest BCUT2D eigenvalue weighted by Crippen LogP contribution is 2.30. The summed E-state index contributed by atoms with van der Waals surface area (Å²) in [5.41, 5.74) is 7.39. The number of amides is 2. The predicted molar refractivity (Wildman–Crippen MR) is 111 cm³/mol. The summed E-state index contributed by atoms with van der Waals surface area (Å²) < 4.78 is 5.63. The van der Waals surface area contributed by atoms with Crippen LogP contribution >= 0.6 is 0 Å². The highest BCUT2D eigenvalue weighted by Gasteiger charge is 2.17. The average molecular weight is 381 g/mol. The Morgan fingerprint density at radius 1 is 1.04 bits per heavy atom. The Labute approximate surface area is 165 Å². The number of para-hydroxylation sites is 1. The van der Waals surface area contributed by atoms with Crippen molar-refractivity contribution in [3.63, 3.8) is 0 Å². The lowest BCUT2D eigenvalue weighted by molar-refractivity contribution is -0.116. The fourth-order valence-electron chi connectivity index (χ4n) is 3.35. The van der Waals surface area contributed by atoms with Crippen molar-refractivity contribution in [2.75, 3.05) is 29.9 Å². The number of nitrogens with one attached hydrogen (secondary N) is 1. The van der Waals surface area contributed by atoms with Gasteiger partial charge in [-0.15, -0.1) is 0 Å². The largest absolute Gasteiger partial charge is 0.494 e. The minimum atomic E-state index is -0.503. The zero-order valence-corrected chi connectivity index (χ0v) is 16.0. The van der Waals surface area contributed by atoms with Crippen LogP contribution in [0.4, 0.5) is 11.4 Å². The average Bonchev–Trinajstić information content (AvgIpc) is 2.72. The highest BCUT2D eigenvalue weighted by molar-refractivity contribution is 5.99. The first kappa shape index (κ1) is 19.7. The maximum Gasteiger partial charge on any atom is 0.248 e. The first-order valence-electron chi connectivity index (χ1n) is 9.80. The van der Waals surface area contributed by atoms with E-state index >= 15 is 0 Å². The molecular weight excluding hydrogens is 354 g/mol. The van der Waals surface area contributed by atoms with Crippen LogP contribution in [-0.4, -0.2) is 31.5 Å². The molecule has 0 bridgehead atoms. The van der Waals surface area contributed by atoms with Gasteiger partial charge in [0.25, 0.3) is 0 Å². The normalized spacial score (nSPS) is 13.8. The summed E-state index contributed by atoms with van der Waals surface area (Å²) in [6.45, 7) is 2.37. The zero-order chi connectivity index (χ0) is 19.8. The number of nitrogens with zero attached hydrogens (tertiary/aromatic N) is 1. The van der Waals surface area contributed by atoms with Gasteiger partial charge in [0.2, 0.25) is 11.8 Å². The van der Waals surface area contributed by atoms with E-state index in [1.807, 2.05) is 36.4 Å². The number of ether oxygens (including phenoxy) is 1. The topological polar surface area (TPSA) is 84.7 Å². The van der Waals surface area contributed by atoms with Crippen LogP contribution in [0, 0.1) is 0 Å². The van der Waals surface area contributed by atoms with Crippen LogP contribution in [0.5, 0.6) is 5.75 Å². The second-order valence-electron chi connectivity index (χ2n) is 6.96. The van der Waals surface area contributed by atoms with E-state index in [1.165, 1.54) is 6.42 Å². The van der Waals surface area contributed by atoms with Gasteiger partial charge in [-0.05, 0) is 56.0 Å². The van der Waals surface area contributed by atoms with Crippen LogP contribution in [0.1, 0.15) is 42.5 Å². The fourth-order valence-corrected chi connectivity index (χ4v) is 3.35. The molecule has 0 saturated carbocycles. The molecule has 0 aliphatic carbocycles. The summed E-state index contributed by atoms with van der Waals surface area (Å²) in [4.78, 5) is 26.2. The van der Waals surface area contributed by atoms with Gasteiger partial charge in [0.15, 0.2) is 0 Å². The summed E-state index contributed by atoms with van der Waals surface area (Å²) in [7, 11) is 0. The highest BCUT2D eigenvalue weighted by atomic mass is 16.5. The van der Waals surface area contributed by atoms with Crippen LogP contribution < -0.4 is 20.7 Å². The zero-order valence-electron chi connectivity index (χ0n) is 16.0. The number of hydrogen-bond donors (Lipinski definition) is 2. The van der Waals surface area contributed by atoms with E-state index in [9.17, 15) is 9.59 Å². The molecule has 0 spiro atoms. The Balaban J connectivity index is 1.59. The van der Waals surface area contributed by atoms with Gasteiger partial charge in [-0.1, -0.05) is 18.2 Å². The number of carbonyl (C=O) groups excluding carboxylic acids is 2. The molecule has 2 amide bonds. The van der Waals surface area contributed by atoms with Gasteiger partial charge in [0.05, 0.1) is 18.0 Å². The molecule has 6 nitrogen and oxygen atoms in total. The van der Waals surface area contributed by atoms with Crippen molar-refractivity contribution in [1.82, 2.24) is 0 Å². The molecule has 28 heavy (non-hydrogen) atoms. The summed E-state index contributed by atoms with van der Waals surface area (Å²) in [6.07, 6.45) is 4.42. The molecule has 0 unspecified atom stereocenters. The van der Waals surface area contributed by atoms with Gasteiger partial charge in [-0.3, -0.25) is 9.59 Å². The van der Waals surface area contributed by atoms with E-state index in [2.05, 4.69) is 10.2 Å². The summed E-state index contributed by atoms with van der Waals surface area (Å²) in [6, 6.07) is 14.8. The Hall–Kier alpha value is -3.02. The SMILES string of the molecule is NC(=O)c1ccc(N2CCCCC2)c(NC(=O)CCCOc2ccccc2)c1. The van der Waals surface area contributed by atoms with E-state index in [-0.39, 0.29) is 5.91 Å². The maximum absolute atomic E-state index is 12.4. The molecule has 0 aromatic heterocycles. The fraction of sp³-hybridized carbons (Fsp3) is 0.364. The smallest absolute Gasteiger partial charge is 0.248 e. The van der Waals surface area contributed by atoms with E-state index in [4.69, 9.17) is 10.5 Å². The van der Waals surface area contributed by atoms with Crippen LogP contribution in [-0.2, 0) is 4.79 Å². The number of anilines is 2. The first-order chi connectivity index (χ1) is 13.6. The quantitative estimate of drug-likeness (QED) is 0.685. The lowest BCUT2D eigenvalue weighted by Crippen LogP contribution is -2.30. The minimum absolute atomic E-state index is 0.100. The van der Waals surface area contributed by atoms with E-state index in [0.717, 1.165) is 37.4 Å². The van der Waals surface area contributed by atoms with E-state index < -0.39 is 5.91 Å². The third-order valence-electron chi connectivity index (χ3n) is 4.81. The van der Waals surface area contributed by atoms with Crippen molar-refractivity contribution in [3.8, 4) is 5.75 Å². The van der Waals surface area contributed by atoms with Crippen molar-refractivity contribution in [2.45, 2.75) is 32.1 Å². The molecule has 3 rings (SSSR count). The van der Waals surface area contributed by atoms with E-state index in [0.29, 0.717) is 30.7 Å². The Morgan fingerprint density at radius 2 is 1.79 bits per heavy atom. The molecule has 3 N–H and O–H groups in total. The third-order valence-corrected chi connectivity index (χ3v) is 4.81. The van der Waals surface area contributed by atoms with E-state index in [1.54, 1.807) is 12.1 Å². The second kappa shape index (κ2) is 9.78. The molecule has 6 heteroatoms. The van der Waals surface area contributed by atoms with Crippen molar-refractivity contribution in [3.05, 3.63) is 54.1 Å². The summed E-state index contributed by atoms with van der Waals surface area (Å²) in [5, 5.41) is 2.96. The summed E-state index contributed by atoms with van der Waals surface area (Å²) in [5.74, 6) is 0.193. The van der Waals surface area contributed by atoms with Crippen LogP contribution in [0.2, 0.25) is 0 Å². The van der Waals surface area contributed by atoms with Crippen molar-refractivity contribution >= 4 is 23.2 Å². The standard InChI is InChI=1S/C22H27N3O3/c23-22(27)17-11-12-20(25-13-5-2-6-14-25)19(16-17)24-21(26)10-7-15-28-18-8-3-1-4-9-18/h1,3-4,8-9,11-12,16H,2,5-7,10,13-15H2,(H2,23,27)(H,24,26). The lowest BCUT2D eigenvalue weighted by Gasteiger charge is -2.30. The third kappa shape index (κ3) is 5.49. The van der Waals surface area contributed by atoms with Gasteiger partial charge in [0.1, 0.15) is 5.75 Å². The number of nitrogens with two attached hydrogens (primary N) is 1. The maximum atomic E-state index is 12.4. The molecule has 2 aromatic carbocycles. The van der Waals surface area contributed by atoms with Crippen LogP contribution in [0.3, 0.4) is 0 Å². The molecule has 148 valence electrons. The summed E-state index contributed by atoms with van der Waals surface area (Å²) >= 11 is 0. The van der Waals surface area contributed by atoms with Crippen molar-refractivity contribution < 1.29 is 14.3 Å². The first-order valence-corrected chi connectivity index (χ1v) is 9.80. The molecule has 1 aliphatic rings. The molecular formula is C22H27N3O3. The number of rotatable bonds is 8. The van der Waals surface area contributed by atoms with Gasteiger partial charge >= 0.3 is 0 Å². The number of benzene rings is 2. The molecule has 1 saturated heterocycles. The van der Waals surface area contributed by atoms with Gasteiger partial charge in [0, 0.05) is 25.1 Å². The van der Waals surface area contributed by atoms with Crippen LogP contribution in [0.15, 0.2) is 48.5 Å². The molecule has 2 aromatic rings. The number of hydrogen-bond acceptors (Lipinski definition) is 4. The monoisotopic (exact) mass is 381 g/mol. The Morgan fingerprint density at radius 3 is 2.50 bits per heavy atom. The van der Waals surface area contributed by atoms with Crippen molar-refractivity contribution in [2.24, 2.45) is 5.73 Å². The molecule has 1 aliphatic heterocycles. The van der Waals surface area contributed by atoms with Gasteiger partial charge in [-0.25, -0.2) is 0 Å². The minimum Gasteiger partial charge on any atom is -0.494 e. The second-order valence-corrected chi connectivity index (χ2v) is 6.96. The molecule has 1 fully saturated rings. The van der Waals surface area contributed by atoms with Gasteiger partial charge in [-0.2, -0.15) is 0 Å².